The molecule has 0 spiro atoms. The van der Waals surface area contributed by atoms with Crippen molar-refractivity contribution in [1.82, 2.24) is 24.5 Å². The molecule has 1 fully saturated rings. The van der Waals surface area contributed by atoms with Crippen LogP contribution in [-0.2, 0) is 17.8 Å². The summed E-state index contributed by atoms with van der Waals surface area (Å²) in [5.74, 6) is 1.65. The molecule has 1 unspecified atom stereocenters. The summed E-state index contributed by atoms with van der Waals surface area (Å²) < 4.78 is 15.5. The maximum atomic E-state index is 9.18. The quantitative estimate of drug-likeness (QED) is 0.226. The van der Waals surface area contributed by atoms with Crippen LogP contribution in [0.3, 0.4) is 0 Å². The van der Waals surface area contributed by atoms with Crippen molar-refractivity contribution in [1.29, 1.82) is 0 Å². The zero-order valence-corrected chi connectivity index (χ0v) is 22.1. The highest BCUT2D eigenvalue weighted by molar-refractivity contribution is 5.88. The molecule has 0 bridgehead atoms. The summed E-state index contributed by atoms with van der Waals surface area (Å²) in [7, 11) is 1.67. The monoisotopic (exact) mass is 526 g/mol. The largest absolute Gasteiger partial charge is 0.497 e. The van der Waals surface area contributed by atoms with Crippen molar-refractivity contribution in [3.63, 3.8) is 0 Å². The Kier molecular flexibility index (Phi) is 7.44. The molecule has 1 aliphatic rings. The predicted molar refractivity (Wildman–Crippen MR) is 152 cm³/mol. The molecule has 6 rings (SSSR count). The maximum Gasteiger partial charge on any atom is 0.151 e. The number of methoxy groups -OCH3 is 1. The number of nitrogens with one attached hydrogen (secondary N) is 2. The second-order valence-corrected chi connectivity index (χ2v) is 9.85. The Hall–Kier alpha value is -3.92. The summed E-state index contributed by atoms with van der Waals surface area (Å²) in [5.41, 5.74) is 7.26. The van der Waals surface area contributed by atoms with Crippen LogP contribution in [0.5, 0.6) is 5.75 Å². The van der Waals surface area contributed by atoms with Crippen molar-refractivity contribution in [3.8, 4) is 17.0 Å². The Balaban J connectivity index is 1.38. The number of rotatable bonds is 10. The van der Waals surface area contributed by atoms with Gasteiger partial charge in [0.05, 0.1) is 36.0 Å². The van der Waals surface area contributed by atoms with Gasteiger partial charge in [-0.15, -0.1) is 0 Å². The molecule has 4 heterocycles. The van der Waals surface area contributed by atoms with Gasteiger partial charge in [-0.05, 0) is 66.8 Å². The van der Waals surface area contributed by atoms with Crippen molar-refractivity contribution in [2.75, 3.05) is 32.2 Å². The Bertz CT molecular complexity index is 1550. The molecular weight excluding hydrogens is 492 g/mol. The molecule has 0 amide bonds. The number of hydrogen-bond acceptors (Lipinski definition) is 7. The SMILES string of the molecule is COc1ccc(CNc2nc3cc(-c4ccnn4C4CCCCO4)ccc3n3cc(CNCCO)cc23)cc1. The highest BCUT2D eigenvalue weighted by Gasteiger charge is 2.20. The second-order valence-electron chi connectivity index (χ2n) is 9.85. The van der Waals surface area contributed by atoms with Gasteiger partial charge >= 0.3 is 0 Å². The number of aliphatic hydroxyl groups is 1. The molecule has 0 aliphatic carbocycles. The lowest BCUT2D eigenvalue weighted by Crippen LogP contribution is -2.19. The molecule has 202 valence electrons. The number of nitrogens with zero attached hydrogens (tertiary/aromatic N) is 4. The molecule has 5 aromatic rings. The van der Waals surface area contributed by atoms with E-state index < -0.39 is 0 Å². The van der Waals surface area contributed by atoms with Crippen molar-refractivity contribution < 1.29 is 14.6 Å². The Morgan fingerprint density at radius 1 is 1.03 bits per heavy atom. The summed E-state index contributed by atoms with van der Waals surface area (Å²) in [6, 6.07) is 18.6. The number of aliphatic hydroxyl groups excluding tert-OH is 1. The van der Waals surface area contributed by atoms with E-state index in [1.807, 2.05) is 29.1 Å². The van der Waals surface area contributed by atoms with Gasteiger partial charge in [-0.2, -0.15) is 5.10 Å². The molecule has 0 radical (unpaired) electrons. The smallest absolute Gasteiger partial charge is 0.151 e. The lowest BCUT2D eigenvalue weighted by atomic mass is 10.1. The van der Waals surface area contributed by atoms with E-state index in [2.05, 4.69) is 62.7 Å². The van der Waals surface area contributed by atoms with Gasteiger partial charge in [0.1, 0.15) is 5.75 Å². The lowest BCUT2D eigenvalue weighted by Gasteiger charge is -2.24. The van der Waals surface area contributed by atoms with Crippen molar-refractivity contribution in [2.45, 2.75) is 38.6 Å². The van der Waals surface area contributed by atoms with Gasteiger partial charge < -0.3 is 29.6 Å². The third kappa shape index (κ3) is 5.34. The average Bonchev–Trinajstić information content (AvgIpc) is 3.65. The highest BCUT2D eigenvalue weighted by atomic mass is 16.5. The first-order valence-electron chi connectivity index (χ1n) is 13.5. The summed E-state index contributed by atoms with van der Waals surface area (Å²) in [5, 5.41) is 20.6. The number of benzene rings is 2. The number of anilines is 1. The first-order chi connectivity index (χ1) is 19.2. The van der Waals surface area contributed by atoms with E-state index in [-0.39, 0.29) is 12.8 Å². The van der Waals surface area contributed by atoms with Gasteiger partial charge in [-0.3, -0.25) is 0 Å². The number of ether oxygens (including phenoxy) is 2. The van der Waals surface area contributed by atoms with Gasteiger partial charge in [-0.25, -0.2) is 9.67 Å². The van der Waals surface area contributed by atoms with E-state index in [0.717, 1.165) is 76.4 Å². The molecule has 1 atom stereocenters. The van der Waals surface area contributed by atoms with E-state index >= 15 is 0 Å². The molecule has 3 N–H and O–H groups in total. The van der Waals surface area contributed by atoms with E-state index in [9.17, 15) is 5.11 Å². The molecule has 1 saturated heterocycles. The summed E-state index contributed by atoms with van der Waals surface area (Å²) in [6.07, 6.45) is 7.17. The zero-order valence-electron chi connectivity index (χ0n) is 22.1. The van der Waals surface area contributed by atoms with E-state index in [1.165, 1.54) is 0 Å². The van der Waals surface area contributed by atoms with Gasteiger partial charge in [0.15, 0.2) is 12.0 Å². The van der Waals surface area contributed by atoms with Gasteiger partial charge in [-0.1, -0.05) is 18.2 Å². The Labute approximate surface area is 227 Å². The van der Waals surface area contributed by atoms with Crippen molar-refractivity contribution in [2.24, 2.45) is 0 Å². The minimum atomic E-state index is -0.0324. The summed E-state index contributed by atoms with van der Waals surface area (Å²) >= 11 is 0. The lowest BCUT2D eigenvalue weighted by molar-refractivity contribution is -0.0383. The molecule has 3 aromatic heterocycles. The van der Waals surface area contributed by atoms with Crippen LogP contribution in [0.1, 0.15) is 36.6 Å². The molecule has 0 saturated carbocycles. The minimum absolute atomic E-state index is 0.0324. The van der Waals surface area contributed by atoms with Gasteiger partial charge in [0.2, 0.25) is 0 Å². The fourth-order valence-electron chi connectivity index (χ4n) is 5.21. The zero-order chi connectivity index (χ0) is 26.6. The van der Waals surface area contributed by atoms with Gasteiger partial charge in [0.25, 0.3) is 0 Å². The molecule has 2 aromatic carbocycles. The molecular formula is C30H34N6O3. The normalized spacial score (nSPS) is 15.7. The minimum Gasteiger partial charge on any atom is -0.497 e. The average molecular weight is 527 g/mol. The number of fused-ring (bicyclic) bond motifs is 3. The highest BCUT2D eigenvalue weighted by Crippen LogP contribution is 2.31. The fraction of sp³-hybridized carbons (Fsp3) is 0.333. The van der Waals surface area contributed by atoms with Crippen LogP contribution in [0.15, 0.2) is 67.0 Å². The van der Waals surface area contributed by atoms with Gasteiger partial charge in [0, 0.05) is 44.2 Å². The third-order valence-electron chi connectivity index (χ3n) is 7.22. The van der Waals surface area contributed by atoms with Crippen molar-refractivity contribution in [3.05, 3.63) is 78.1 Å². The first-order valence-corrected chi connectivity index (χ1v) is 13.5. The summed E-state index contributed by atoms with van der Waals surface area (Å²) in [6.45, 7) is 2.73. The molecule has 1 aliphatic heterocycles. The first kappa shape index (κ1) is 25.4. The van der Waals surface area contributed by atoms with Crippen LogP contribution in [0.4, 0.5) is 5.82 Å². The summed E-state index contributed by atoms with van der Waals surface area (Å²) in [4.78, 5) is 5.10. The molecule has 9 nitrogen and oxygen atoms in total. The number of hydrogen-bond donors (Lipinski definition) is 3. The van der Waals surface area contributed by atoms with Crippen LogP contribution in [0.25, 0.3) is 27.8 Å². The number of aromatic nitrogens is 4. The molecule has 9 heteroatoms. The second kappa shape index (κ2) is 11.4. The van der Waals surface area contributed by atoms with Crippen LogP contribution in [-0.4, -0.2) is 51.1 Å². The molecule has 39 heavy (non-hydrogen) atoms. The van der Waals surface area contributed by atoms with Crippen molar-refractivity contribution >= 4 is 22.4 Å². The predicted octanol–water partition coefficient (Wildman–Crippen LogP) is 4.75. The Morgan fingerprint density at radius 2 is 1.92 bits per heavy atom. The third-order valence-corrected chi connectivity index (χ3v) is 7.22. The van der Waals surface area contributed by atoms with Crippen LogP contribution >= 0.6 is 0 Å². The standard InChI is InChI=1S/C30H34N6O3/c1-38-24-8-5-21(6-9-24)19-32-30-28-16-22(18-31-13-14-37)20-35(28)27-10-7-23(17-25(27)34-30)26-11-12-33-36(26)29-4-2-3-15-39-29/h5-12,16-17,20,29,31,37H,2-4,13-15,18-19H2,1H3,(H,32,34). The van der Waals surface area contributed by atoms with E-state index in [4.69, 9.17) is 14.5 Å². The topological polar surface area (TPSA) is 97.9 Å². The maximum absolute atomic E-state index is 9.18. The van der Waals surface area contributed by atoms with Crippen LogP contribution in [0.2, 0.25) is 0 Å². The van der Waals surface area contributed by atoms with E-state index in [0.29, 0.717) is 19.6 Å². The van der Waals surface area contributed by atoms with E-state index in [1.54, 1.807) is 7.11 Å². The fourth-order valence-corrected chi connectivity index (χ4v) is 5.21. The Morgan fingerprint density at radius 3 is 2.72 bits per heavy atom. The van der Waals surface area contributed by atoms with Crippen LogP contribution < -0.4 is 15.4 Å². The van der Waals surface area contributed by atoms with Crippen LogP contribution in [0, 0.1) is 0 Å².